The first-order chi connectivity index (χ1) is 5.83. The summed E-state index contributed by atoms with van der Waals surface area (Å²) in [6.07, 6.45) is 6.62. The normalized spacial score (nSPS) is 21.8. The SMILES string of the molecule is COC1(CNC=O)CCCCC1. The Morgan fingerprint density at radius 2 is 2.08 bits per heavy atom. The summed E-state index contributed by atoms with van der Waals surface area (Å²) in [5.41, 5.74) is -0.0703. The van der Waals surface area contributed by atoms with Gasteiger partial charge >= 0.3 is 0 Å². The van der Waals surface area contributed by atoms with Gasteiger partial charge < -0.3 is 10.1 Å². The summed E-state index contributed by atoms with van der Waals surface area (Å²) < 4.78 is 5.46. The Labute approximate surface area is 73.5 Å². The maximum Gasteiger partial charge on any atom is 0.207 e. The molecule has 0 spiro atoms. The third-order valence-electron chi connectivity index (χ3n) is 2.71. The Hall–Kier alpha value is -0.570. The first-order valence-corrected chi connectivity index (χ1v) is 4.55. The highest BCUT2D eigenvalue weighted by atomic mass is 16.5. The van der Waals surface area contributed by atoms with E-state index in [1.807, 2.05) is 0 Å². The fourth-order valence-corrected chi connectivity index (χ4v) is 1.88. The van der Waals surface area contributed by atoms with Crippen LogP contribution in [0.1, 0.15) is 32.1 Å². The van der Waals surface area contributed by atoms with Crippen LogP contribution < -0.4 is 5.32 Å². The Bertz CT molecular complexity index is 141. The largest absolute Gasteiger partial charge is 0.376 e. The predicted octanol–water partition coefficient (Wildman–Crippen LogP) is 1.08. The highest BCUT2D eigenvalue weighted by molar-refractivity contribution is 5.46. The number of amides is 1. The first-order valence-electron chi connectivity index (χ1n) is 4.55. The number of rotatable bonds is 4. The molecule has 0 radical (unpaired) electrons. The number of hydrogen-bond donors (Lipinski definition) is 1. The molecular weight excluding hydrogens is 154 g/mol. The van der Waals surface area contributed by atoms with Crippen LogP contribution >= 0.6 is 0 Å². The summed E-state index contributed by atoms with van der Waals surface area (Å²) in [6, 6.07) is 0. The van der Waals surface area contributed by atoms with Crippen molar-refractivity contribution in [2.45, 2.75) is 37.7 Å². The monoisotopic (exact) mass is 171 g/mol. The van der Waals surface area contributed by atoms with Crippen LogP contribution in [0, 0.1) is 0 Å². The van der Waals surface area contributed by atoms with Crippen molar-refractivity contribution in [3.63, 3.8) is 0 Å². The second-order valence-corrected chi connectivity index (χ2v) is 3.45. The van der Waals surface area contributed by atoms with Crippen LogP contribution in [0.3, 0.4) is 0 Å². The third-order valence-corrected chi connectivity index (χ3v) is 2.71. The van der Waals surface area contributed by atoms with Crippen LogP contribution in [-0.4, -0.2) is 25.7 Å². The Balaban J connectivity index is 2.41. The van der Waals surface area contributed by atoms with Gasteiger partial charge in [0.15, 0.2) is 0 Å². The van der Waals surface area contributed by atoms with E-state index >= 15 is 0 Å². The van der Waals surface area contributed by atoms with E-state index in [0.717, 1.165) is 19.3 Å². The molecule has 0 unspecified atom stereocenters. The summed E-state index contributed by atoms with van der Waals surface area (Å²) >= 11 is 0. The topological polar surface area (TPSA) is 38.3 Å². The maximum atomic E-state index is 10.1. The lowest BCUT2D eigenvalue weighted by Gasteiger charge is -2.35. The molecule has 0 heterocycles. The lowest BCUT2D eigenvalue weighted by Crippen LogP contribution is -2.43. The summed E-state index contributed by atoms with van der Waals surface area (Å²) in [5.74, 6) is 0. The molecule has 1 amide bonds. The molecule has 1 rings (SSSR count). The summed E-state index contributed by atoms with van der Waals surface area (Å²) in [5, 5.41) is 2.70. The quantitative estimate of drug-likeness (QED) is 0.643. The van der Waals surface area contributed by atoms with E-state index in [1.165, 1.54) is 19.3 Å². The predicted molar refractivity (Wildman–Crippen MR) is 46.9 cm³/mol. The fraction of sp³-hybridized carbons (Fsp3) is 0.889. The minimum atomic E-state index is -0.0703. The van der Waals surface area contributed by atoms with Gasteiger partial charge in [0.05, 0.1) is 5.60 Å². The van der Waals surface area contributed by atoms with Crippen molar-refractivity contribution in [3.8, 4) is 0 Å². The zero-order valence-electron chi connectivity index (χ0n) is 7.64. The van der Waals surface area contributed by atoms with Gasteiger partial charge in [0.2, 0.25) is 6.41 Å². The number of nitrogens with one attached hydrogen (secondary N) is 1. The molecule has 0 atom stereocenters. The molecule has 0 saturated heterocycles. The minimum absolute atomic E-state index is 0.0703. The Morgan fingerprint density at radius 1 is 1.42 bits per heavy atom. The van der Waals surface area contributed by atoms with Crippen LogP contribution in [0.4, 0.5) is 0 Å². The molecule has 1 aliphatic carbocycles. The van der Waals surface area contributed by atoms with Crippen molar-refractivity contribution in [1.29, 1.82) is 0 Å². The maximum absolute atomic E-state index is 10.1. The van der Waals surface area contributed by atoms with Crippen molar-refractivity contribution in [3.05, 3.63) is 0 Å². The molecule has 0 aromatic rings. The van der Waals surface area contributed by atoms with Gasteiger partial charge in [-0.15, -0.1) is 0 Å². The number of methoxy groups -OCH3 is 1. The van der Waals surface area contributed by atoms with Crippen LogP contribution in [0.2, 0.25) is 0 Å². The molecule has 12 heavy (non-hydrogen) atoms. The molecular formula is C9H17NO2. The average molecular weight is 171 g/mol. The molecule has 3 nitrogen and oxygen atoms in total. The molecule has 0 aromatic carbocycles. The zero-order valence-corrected chi connectivity index (χ0v) is 7.64. The summed E-state index contributed by atoms with van der Waals surface area (Å²) in [7, 11) is 1.73. The summed E-state index contributed by atoms with van der Waals surface area (Å²) in [6.45, 7) is 0.660. The van der Waals surface area contributed by atoms with Gasteiger partial charge in [-0.05, 0) is 12.8 Å². The van der Waals surface area contributed by atoms with E-state index in [1.54, 1.807) is 7.11 Å². The number of carbonyl (C=O) groups excluding carboxylic acids is 1. The van der Waals surface area contributed by atoms with E-state index < -0.39 is 0 Å². The van der Waals surface area contributed by atoms with E-state index in [-0.39, 0.29) is 5.60 Å². The minimum Gasteiger partial charge on any atom is -0.376 e. The van der Waals surface area contributed by atoms with E-state index in [4.69, 9.17) is 4.74 Å². The van der Waals surface area contributed by atoms with E-state index in [0.29, 0.717) is 6.54 Å². The first kappa shape index (κ1) is 9.52. The van der Waals surface area contributed by atoms with E-state index in [2.05, 4.69) is 5.32 Å². The van der Waals surface area contributed by atoms with Gasteiger partial charge in [-0.25, -0.2) is 0 Å². The molecule has 1 aliphatic rings. The van der Waals surface area contributed by atoms with Crippen molar-refractivity contribution in [2.24, 2.45) is 0 Å². The van der Waals surface area contributed by atoms with Crippen LogP contribution in [0.5, 0.6) is 0 Å². The van der Waals surface area contributed by atoms with Gasteiger partial charge in [0.1, 0.15) is 0 Å². The second-order valence-electron chi connectivity index (χ2n) is 3.45. The van der Waals surface area contributed by atoms with Crippen molar-refractivity contribution in [2.75, 3.05) is 13.7 Å². The van der Waals surface area contributed by atoms with Gasteiger partial charge in [0, 0.05) is 13.7 Å². The molecule has 0 aliphatic heterocycles. The van der Waals surface area contributed by atoms with E-state index in [9.17, 15) is 4.79 Å². The van der Waals surface area contributed by atoms with Gasteiger partial charge in [-0.2, -0.15) is 0 Å². The van der Waals surface area contributed by atoms with Crippen LogP contribution in [0.25, 0.3) is 0 Å². The van der Waals surface area contributed by atoms with Crippen LogP contribution in [0.15, 0.2) is 0 Å². The zero-order chi connectivity index (χ0) is 8.86. The molecule has 1 fully saturated rings. The highest BCUT2D eigenvalue weighted by Crippen LogP contribution is 2.30. The van der Waals surface area contributed by atoms with Gasteiger partial charge in [-0.1, -0.05) is 19.3 Å². The molecule has 1 saturated carbocycles. The molecule has 0 bridgehead atoms. The summed E-state index contributed by atoms with van der Waals surface area (Å²) in [4.78, 5) is 10.1. The molecule has 70 valence electrons. The Morgan fingerprint density at radius 3 is 2.58 bits per heavy atom. The standard InChI is InChI=1S/C9H17NO2/c1-12-9(7-10-8-11)5-3-2-4-6-9/h8H,2-7H2,1H3,(H,10,11). The second kappa shape index (κ2) is 4.45. The number of hydrogen-bond acceptors (Lipinski definition) is 2. The van der Waals surface area contributed by atoms with Crippen LogP contribution in [-0.2, 0) is 9.53 Å². The molecule has 3 heteroatoms. The molecule has 0 aromatic heterocycles. The lowest BCUT2D eigenvalue weighted by atomic mass is 9.84. The van der Waals surface area contributed by atoms with Gasteiger partial charge in [-0.3, -0.25) is 4.79 Å². The number of ether oxygens (including phenoxy) is 1. The van der Waals surface area contributed by atoms with Crippen molar-refractivity contribution >= 4 is 6.41 Å². The smallest absolute Gasteiger partial charge is 0.207 e. The Kier molecular flexibility index (Phi) is 3.53. The fourth-order valence-electron chi connectivity index (χ4n) is 1.88. The molecule has 1 N–H and O–H groups in total. The lowest BCUT2D eigenvalue weighted by molar-refractivity contribution is -0.111. The van der Waals surface area contributed by atoms with Crippen molar-refractivity contribution < 1.29 is 9.53 Å². The van der Waals surface area contributed by atoms with Gasteiger partial charge in [0.25, 0.3) is 0 Å². The average Bonchev–Trinajstić information content (AvgIpc) is 2.16. The highest BCUT2D eigenvalue weighted by Gasteiger charge is 2.31. The number of carbonyl (C=O) groups is 1. The van der Waals surface area contributed by atoms with Crippen molar-refractivity contribution in [1.82, 2.24) is 5.32 Å². The third kappa shape index (κ3) is 2.21.